The average molecular weight is 730 g/mol. The first-order valence-electron chi connectivity index (χ1n) is 17.1. The van der Waals surface area contributed by atoms with E-state index in [1.807, 2.05) is 38.1 Å². The predicted molar refractivity (Wildman–Crippen MR) is 200 cm³/mol. The molecule has 0 bridgehead atoms. The van der Waals surface area contributed by atoms with Crippen molar-refractivity contribution in [3.63, 3.8) is 0 Å². The van der Waals surface area contributed by atoms with Crippen molar-refractivity contribution in [2.75, 3.05) is 16.4 Å². The lowest BCUT2D eigenvalue weighted by atomic mass is 9.79. The predicted octanol–water partition coefficient (Wildman–Crippen LogP) is 7.97. The molecule has 2 aliphatic heterocycles. The van der Waals surface area contributed by atoms with Crippen LogP contribution in [0.3, 0.4) is 0 Å². The zero-order valence-corrected chi connectivity index (χ0v) is 31.7. The molecule has 0 amide bonds. The summed E-state index contributed by atoms with van der Waals surface area (Å²) in [6.45, 7) is 12.8. The minimum Gasteiger partial charge on any atom is -0.361 e. The molecule has 1 aliphatic carbocycles. The van der Waals surface area contributed by atoms with Gasteiger partial charge in [0.15, 0.2) is 11.8 Å². The Hall–Kier alpha value is -2.76. The van der Waals surface area contributed by atoms with Crippen molar-refractivity contribution in [1.29, 1.82) is 0 Å². The van der Waals surface area contributed by atoms with Crippen LogP contribution in [-0.2, 0) is 31.1 Å². The molecule has 0 aromatic heterocycles. The molecule has 5 rings (SSSR count). The Morgan fingerprint density at radius 1 is 0.898 bits per heavy atom. The quantitative estimate of drug-likeness (QED) is 0.129. The Morgan fingerprint density at radius 3 is 2.18 bits per heavy atom. The smallest absolute Gasteiger partial charge is 0.265 e. The summed E-state index contributed by atoms with van der Waals surface area (Å²) in [6, 6.07) is 16.1. The van der Waals surface area contributed by atoms with E-state index in [0.717, 1.165) is 52.5 Å². The first kappa shape index (κ1) is 37.5. The highest BCUT2D eigenvalue weighted by molar-refractivity contribution is 7.86. The summed E-state index contributed by atoms with van der Waals surface area (Å²) >= 11 is 7.19. The maximum atomic E-state index is 11.6. The molecule has 3 aliphatic rings. The zero-order valence-electron chi connectivity index (χ0n) is 29.3. The lowest BCUT2D eigenvalue weighted by molar-refractivity contribution is -0.478. The Kier molecular flexibility index (Phi) is 10.8. The van der Waals surface area contributed by atoms with Gasteiger partial charge in [0.05, 0.1) is 23.0 Å². The number of benzene rings is 2. The van der Waals surface area contributed by atoms with Crippen LogP contribution in [0.1, 0.15) is 84.8 Å². The standard InChI is InChI=1S/C38H49ClN2O6S2/c1-26(22-24-48(42,43)44)40-32-16-9-7-14-30(32)37(3,4)34(40)20-18-28-12-11-13-29(36(28)39)19-21-35-38(5,6)31-15-8-10-17-33(31)41(35)27(2)23-25-49(45,46)47/h7-10,14-21,26-28,34H,11-13,22-25H2,1-6H3,(H-,42,43,44,45,46,47)/p+1/b20-18+,21-19+. The summed E-state index contributed by atoms with van der Waals surface area (Å²) in [5.41, 5.74) is 6.01. The number of hydrogen-bond acceptors (Lipinski definition) is 5. The topological polar surface area (TPSA) is 115 Å². The molecule has 0 radical (unpaired) electrons. The normalized spacial score (nSPS) is 23.4. The van der Waals surface area contributed by atoms with E-state index in [9.17, 15) is 25.9 Å². The van der Waals surface area contributed by atoms with E-state index in [1.54, 1.807) is 0 Å². The number of nitrogens with zero attached hydrogens (tertiary/aromatic N) is 2. The van der Waals surface area contributed by atoms with Gasteiger partial charge in [0.2, 0.25) is 5.69 Å². The number of halogens is 1. The third-order valence-corrected chi connectivity index (χ3v) is 12.7. The molecular formula is C38H50ClN2O6S2+. The van der Waals surface area contributed by atoms with Crippen molar-refractivity contribution in [2.45, 2.75) is 103 Å². The summed E-state index contributed by atoms with van der Waals surface area (Å²) in [5, 5.41) is 0.804. The van der Waals surface area contributed by atoms with Crippen LogP contribution in [0.25, 0.3) is 0 Å². The van der Waals surface area contributed by atoms with Gasteiger partial charge in [-0.1, -0.05) is 80.1 Å². The Labute approximate surface area is 297 Å². The number of para-hydroxylation sites is 2. The number of hydrogen-bond donors (Lipinski definition) is 2. The van der Waals surface area contributed by atoms with Gasteiger partial charge in [0.25, 0.3) is 20.2 Å². The van der Waals surface area contributed by atoms with Crippen LogP contribution in [0.5, 0.6) is 0 Å². The van der Waals surface area contributed by atoms with Gasteiger partial charge in [0.1, 0.15) is 0 Å². The van der Waals surface area contributed by atoms with Gasteiger partial charge in [-0.05, 0) is 70.6 Å². The van der Waals surface area contributed by atoms with E-state index < -0.39 is 20.2 Å². The van der Waals surface area contributed by atoms with Gasteiger partial charge in [-0.2, -0.15) is 21.4 Å². The van der Waals surface area contributed by atoms with Gasteiger partial charge in [0, 0.05) is 52.2 Å². The van der Waals surface area contributed by atoms with Crippen molar-refractivity contribution in [3.8, 4) is 0 Å². The van der Waals surface area contributed by atoms with Gasteiger partial charge in [-0.3, -0.25) is 9.11 Å². The van der Waals surface area contributed by atoms with Crippen LogP contribution < -0.4 is 4.90 Å². The lowest BCUT2D eigenvalue weighted by Crippen LogP contribution is -2.45. The highest BCUT2D eigenvalue weighted by atomic mass is 35.5. The van der Waals surface area contributed by atoms with E-state index in [1.165, 1.54) is 5.56 Å². The Morgan fingerprint density at radius 2 is 1.51 bits per heavy atom. The number of allylic oxidation sites excluding steroid dienone is 5. The first-order chi connectivity index (χ1) is 22.8. The van der Waals surface area contributed by atoms with Crippen molar-refractivity contribution in [2.24, 2.45) is 5.92 Å². The maximum Gasteiger partial charge on any atom is 0.265 e. The minimum absolute atomic E-state index is 0.0214. The van der Waals surface area contributed by atoms with E-state index in [0.29, 0.717) is 6.42 Å². The van der Waals surface area contributed by atoms with Gasteiger partial charge < -0.3 is 4.90 Å². The van der Waals surface area contributed by atoms with Crippen LogP contribution in [0.4, 0.5) is 11.4 Å². The number of anilines is 1. The Bertz CT molecular complexity index is 1930. The molecule has 4 unspecified atom stereocenters. The van der Waals surface area contributed by atoms with E-state index >= 15 is 0 Å². The van der Waals surface area contributed by atoms with E-state index in [4.69, 9.17) is 11.6 Å². The minimum atomic E-state index is -4.09. The molecule has 0 saturated carbocycles. The third-order valence-electron chi connectivity index (χ3n) is 10.7. The van der Waals surface area contributed by atoms with Crippen LogP contribution in [-0.4, -0.2) is 65.9 Å². The first-order valence-corrected chi connectivity index (χ1v) is 20.7. The van der Waals surface area contributed by atoms with E-state index in [2.05, 4.69) is 85.7 Å². The molecule has 8 nitrogen and oxygen atoms in total. The second-order valence-electron chi connectivity index (χ2n) is 14.9. The SMILES string of the molecule is CC(CCS(=O)(=O)O)N1c2ccccc2C(C)(C)C1/C=C/C1CCCC(/C=C/C2=[N+](C(C)CCS(=O)(=O)O)c3ccccc3C2(C)C)=C1Cl. The summed E-state index contributed by atoms with van der Waals surface area (Å²) in [5.74, 6) is -0.587. The van der Waals surface area contributed by atoms with Gasteiger partial charge in [-0.15, -0.1) is 0 Å². The van der Waals surface area contributed by atoms with Gasteiger partial charge >= 0.3 is 0 Å². The molecule has 266 valence electrons. The molecule has 0 spiro atoms. The second kappa shape index (κ2) is 14.1. The highest BCUT2D eigenvalue weighted by Crippen LogP contribution is 2.48. The van der Waals surface area contributed by atoms with Crippen molar-refractivity contribution in [3.05, 3.63) is 94.6 Å². The Balaban J connectivity index is 1.46. The molecule has 0 saturated heterocycles. The molecule has 2 aromatic carbocycles. The number of rotatable bonds is 12. The van der Waals surface area contributed by atoms with Crippen LogP contribution in [0.2, 0.25) is 0 Å². The average Bonchev–Trinajstić information content (AvgIpc) is 3.39. The molecular weight excluding hydrogens is 680 g/mol. The molecule has 2 heterocycles. The van der Waals surface area contributed by atoms with Crippen molar-refractivity contribution >= 4 is 48.9 Å². The lowest BCUT2D eigenvalue weighted by Gasteiger charge is -2.37. The molecule has 49 heavy (non-hydrogen) atoms. The van der Waals surface area contributed by atoms with Crippen molar-refractivity contribution in [1.82, 2.24) is 0 Å². The van der Waals surface area contributed by atoms with Crippen molar-refractivity contribution < 1.29 is 30.5 Å². The number of fused-ring (bicyclic) bond motifs is 2. The summed E-state index contributed by atoms with van der Waals surface area (Å²) in [6.07, 6.45) is 12.0. The summed E-state index contributed by atoms with van der Waals surface area (Å²) in [4.78, 5) is 2.28. The fraction of sp³-hybridized carbons (Fsp3) is 0.500. The second-order valence-corrected chi connectivity index (χ2v) is 18.5. The fourth-order valence-corrected chi connectivity index (χ4v) is 9.57. The van der Waals surface area contributed by atoms with Crippen LogP contribution >= 0.6 is 11.6 Å². The summed E-state index contributed by atoms with van der Waals surface area (Å²) in [7, 11) is -8.17. The molecule has 0 fully saturated rings. The summed E-state index contributed by atoms with van der Waals surface area (Å²) < 4.78 is 67.6. The van der Waals surface area contributed by atoms with E-state index in [-0.39, 0.29) is 52.8 Å². The third kappa shape index (κ3) is 7.94. The van der Waals surface area contributed by atoms with Gasteiger partial charge in [-0.25, -0.2) is 0 Å². The largest absolute Gasteiger partial charge is 0.361 e. The fourth-order valence-electron chi connectivity index (χ4n) is 7.96. The molecule has 2 aromatic rings. The maximum absolute atomic E-state index is 11.6. The van der Waals surface area contributed by atoms with Crippen LogP contribution in [0, 0.1) is 5.92 Å². The molecule has 2 N–H and O–H groups in total. The molecule has 4 atom stereocenters. The monoisotopic (exact) mass is 729 g/mol. The highest BCUT2D eigenvalue weighted by Gasteiger charge is 2.47. The van der Waals surface area contributed by atoms with Crippen LogP contribution in [0.15, 0.2) is 83.4 Å². The zero-order chi connectivity index (χ0) is 35.9. The molecule has 11 heteroatoms.